The van der Waals surface area contributed by atoms with Gasteiger partial charge in [0.25, 0.3) is 0 Å². The van der Waals surface area contributed by atoms with Crippen molar-refractivity contribution in [3.63, 3.8) is 0 Å². The maximum absolute atomic E-state index is 12.4. The molecule has 2 aromatic carbocycles. The molecule has 1 N–H and O–H groups in total. The number of halogens is 1. The van der Waals surface area contributed by atoms with Gasteiger partial charge in [0.05, 0.1) is 25.4 Å². The number of carbonyl (C=O) groups excluding carboxylic acids is 2. The molecule has 1 saturated heterocycles. The van der Waals surface area contributed by atoms with Gasteiger partial charge in [0.1, 0.15) is 13.4 Å². The van der Waals surface area contributed by atoms with Gasteiger partial charge in [-0.3, -0.25) is 0 Å². The molecule has 0 spiro atoms. The van der Waals surface area contributed by atoms with Gasteiger partial charge < -0.3 is 18.9 Å². The number of fused-ring (bicyclic) bond motifs is 1. The van der Waals surface area contributed by atoms with Gasteiger partial charge in [0.15, 0.2) is 0 Å². The minimum atomic E-state index is -0.822. The predicted molar refractivity (Wildman–Crippen MR) is 147 cm³/mol. The third-order valence-electron chi connectivity index (χ3n) is 7.88. The number of aryl methyl sites for hydroxylation is 1. The zero-order valence-electron chi connectivity index (χ0n) is 24.0. The number of hydrogen-bond acceptors (Lipinski definition) is 9. The fraction of sp³-hybridized carbons (Fsp3) is 0.562. The molecule has 42 heavy (non-hydrogen) atoms. The Morgan fingerprint density at radius 3 is 2.29 bits per heavy atom. The van der Waals surface area contributed by atoms with E-state index in [4.69, 9.17) is 28.4 Å². The molecule has 0 radical (unpaired) electrons. The number of benzene rings is 2. The van der Waals surface area contributed by atoms with Crippen molar-refractivity contribution in [3.8, 4) is 5.75 Å². The second-order valence-electron chi connectivity index (χ2n) is 11.3. The third kappa shape index (κ3) is 9.90. The molecule has 3 aliphatic rings. The molecule has 3 fully saturated rings. The topological polar surface area (TPSA) is 113 Å². The summed E-state index contributed by atoms with van der Waals surface area (Å²) in [6.45, 7) is 2.54. The van der Waals surface area contributed by atoms with Gasteiger partial charge in [-0.15, -0.1) is 0 Å². The second-order valence-corrected chi connectivity index (χ2v) is 14.4. The molecule has 2 aliphatic carbocycles. The summed E-state index contributed by atoms with van der Waals surface area (Å²) in [7, 11) is 0. The van der Waals surface area contributed by atoms with Crippen LogP contribution in [0.25, 0.3) is 0 Å². The van der Waals surface area contributed by atoms with Crippen molar-refractivity contribution in [1.82, 2.24) is 0 Å². The van der Waals surface area contributed by atoms with Crippen molar-refractivity contribution in [2.45, 2.75) is 69.9 Å². The molecule has 2 saturated carbocycles. The Morgan fingerprint density at radius 2 is 1.55 bits per heavy atom. The summed E-state index contributed by atoms with van der Waals surface area (Å²) in [5.41, 5.74) is 1.25. The standard InChI is InChI=1S/C32H40IO9/c1-21-2-6-24(7-3-21)33-25-8-10-26(11-9-25)39-19-32(36)42-28-12-4-22(14-27(28)34)17-40-31(35)18-38-20-37-16-23-5-13-29-30(15-23)41-29/h2-3,6-11,22-23,27-30,34H,4-5,12-20H2,1H3/q-1. The van der Waals surface area contributed by atoms with E-state index in [1.54, 1.807) is 0 Å². The predicted octanol–water partition coefficient (Wildman–Crippen LogP) is 0.676. The molecule has 10 heteroatoms. The molecule has 5 rings (SSSR count). The summed E-state index contributed by atoms with van der Waals surface area (Å²) < 4.78 is 35.4. The van der Waals surface area contributed by atoms with Gasteiger partial charge in [0, 0.05) is 0 Å². The van der Waals surface area contributed by atoms with E-state index in [0.29, 0.717) is 49.7 Å². The average molecular weight is 696 g/mol. The number of esters is 2. The van der Waals surface area contributed by atoms with Crippen molar-refractivity contribution in [2.75, 3.05) is 33.2 Å². The van der Waals surface area contributed by atoms with Crippen molar-refractivity contribution < 1.29 is 64.3 Å². The summed E-state index contributed by atoms with van der Waals surface area (Å²) in [6, 6.07) is 16.4. The van der Waals surface area contributed by atoms with Crippen molar-refractivity contribution in [3.05, 3.63) is 61.2 Å². The number of rotatable bonds is 14. The Kier molecular flexibility index (Phi) is 11.5. The van der Waals surface area contributed by atoms with Crippen molar-refractivity contribution in [2.24, 2.45) is 11.8 Å². The van der Waals surface area contributed by atoms with E-state index in [-0.39, 0.29) is 53.7 Å². The zero-order valence-corrected chi connectivity index (χ0v) is 26.1. The number of aliphatic hydroxyl groups is 1. The summed E-state index contributed by atoms with van der Waals surface area (Å²) >= 11 is -0.272. The van der Waals surface area contributed by atoms with Crippen LogP contribution >= 0.6 is 0 Å². The van der Waals surface area contributed by atoms with E-state index in [2.05, 4.69) is 31.2 Å². The quantitative estimate of drug-likeness (QED) is 0.100. The van der Waals surface area contributed by atoms with Crippen LogP contribution < -0.4 is 25.9 Å². The summed E-state index contributed by atoms with van der Waals surface area (Å²) in [4.78, 5) is 24.4. The van der Waals surface area contributed by atoms with E-state index in [0.717, 1.165) is 19.3 Å². The summed E-state index contributed by atoms with van der Waals surface area (Å²) in [6.07, 6.45) is 4.27. The van der Waals surface area contributed by atoms with Crippen LogP contribution in [0.2, 0.25) is 0 Å². The third-order valence-corrected chi connectivity index (χ3v) is 10.6. The summed E-state index contributed by atoms with van der Waals surface area (Å²) in [5, 5.41) is 10.5. The van der Waals surface area contributed by atoms with Crippen LogP contribution in [0.1, 0.15) is 44.1 Å². The van der Waals surface area contributed by atoms with Gasteiger partial charge in [-0.1, -0.05) is 0 Å². The van der Waals surface area contributed by atoms with Gasteiger partial charge >= 0.3 is 170 Å². The van der Waals surface area contributed by atoms with Crippen LogP contribution in [0.4, 0.5) is 0 Å². The second kappa shape index (κ2) is 15.5. The first kappa shape index (κ1) is 31.2. The van der Waals surface area contributed by atoms with Crippen LogP contribution in [0, 0.1) is 25.9 Å². The first-order valence-corrected chi connectivity index (χ1v) is 16.9. The molecule has 0 aromatic heterocycles. The molecule has 230 valence electrons. The maximum atomic E-state index is 12.4. The Hall–Kier alpha value is -2.25. The average Bonchev–Trinajstić information content (AvgIpc) is 3.77. The van der Waals surface area contributed by atoms with Gasteiger partial charge in [-0.05, 0) is 25.2 Å². The molecule has 2 aromatic rings. The van der Waals surface area contributed by atoms with Crippen molar-refractivity contribution in [1.29, 1.82) is 0 Å². The molecule has 6 unspecified atom stereocenters. The SMILES string of the molecule is Cc1ccc([I-]c2ccc(OCC(=O)OC3CCC(COC(=O)COCOCC4CCC5OC5C4)CC3O)cc2)cc1. The van der Waals surface area contributed by atoms with Crippen LogP contribution in [-0.4, -0.2) is 74.7 Å². The zero-order chi connectivity index (χ0) is 29.3. The Labute approximate surface area is 257 Å². The summed E-state index contributed by atoms with van der Waals surface area (Å²) in [5.74, 6) is 0.0999. The van der Waals surface area contributed by atoms with Crippen LogP contribution in [0.15, 0.2) is 48.5 Å². The Morgan fingerprint density at radius 1 is 0.833 bits per heavy atom. The van der Waals surface area contributed by atoms with E-state index in [9.17, 15) is 14.7 Å². The molecular formula is C32H40IO9-. The molecule has 6 atom stereocenters. The molecular weight excluding hydrogens is 655 g/mol. The number of carbonyl (C=O) groups is 2. The van der Waals surface area contributed by atoms with Gasteiger partial charge in [-0.2, -0.15) is 0 Å². The number of aliphatic hydroxyl groups excluding tert-OH is 1. The molecule has 9 nitrogen and oxygen atoms in total. The number of ether oxygens (including phenoxy) is 6. The van der Waals surface area contributed by atoms with E-state index >= 15 is 0 Å². The van der Waals surface area contributed by atoms with Gasteiger partial charge in [0.2, 0.25) is 0 Å². The van der Waals surface area contributed by atoms with Crippen molar-refractivity contribution >= 4 is 11.9 Å². The molecule has 1 heterocycles. The first-order valence-electron chi connectivity index (χ1n) is 14.7. The Balaban J connectivity index is 0.908. The number of epoxide rings is 1. The number of hydrogen-bond donors (Lipinski definition) is 1. The van der Waals surface area contributed by atoms with Crippen LogP contribution in [-0.2, 0) is 33.3 Å². The van der Waals surface area contributed by atoms with E-state index in [1.165, 1.54) is 12.7 Å². The normalized spacial score (nSPS) is 26.7. The van der Waals surface area contributed by atoms with E-state index in [1.807, 2.05) is 24.3 Å². The van der Waals surface area contributed by atoms with Crippen LogP contribution in [0.5, 0.6) is 5.75 Å². The van der Waals surface area contributed by atoms with Crippen LogP contribution in [0.3, 0.4) is 0 Å². The van der Waals surface area contributed by atoms with E-state index < -0.39 is 24.1 Å². The molecule has 0 amide bonds. The van der Waals surface area contributed by atoms with Gasteiger partial charge in [-0.25, -0.2) is 4.79 Å². The fourth-order valence-electron chi connectivity index (χ4n) is 5.44. The fourth-order valence-corrected chi connectivity index (χ4v) is 7.60. The Bertz CT molecular complexity index is 1160. The molecule has 1 aliphatic heterocycles. The first-order chi connectivity index (χ1) is 20.4. The monoisotopic (exact) mass is 695 g/mol. The molecule has 0 bridgehead atoms. The minimum absolute atomic E-state index is 0.00703.